The van der Waals surface area contributed by atoms with Crippen molar-refractivity contribution in [1.82, 2.24) is 5.32 Å². The van der Waals surface area contributed by atoms with Crippen molar-refractivity contribution in [1.29, 1.82) is 0 Å². The lowest BCUT2D eigenvalue weighted by atomic mass is 10.1. The molecular formula is C7H13NO3. The van der Waals surface area contributed by atoms with Gasteiger partial charge in [0.05, 0.1) is 6.04 Å². The van der Waals surface area contributed by atoms with E-state index in [0.717, 1.165) is 6.42 Å². The first kappa shape index (κ1) is 9.94. The number of carbonyl (C=O) groups excluding carboxylic acids is 1. The summed E-state index contributed by atoms with van der Waals surface area (Å²) in [5, 5.41) is 10.3. The number of carbonyl (C=O) groups is 2. The molecule has 0 saturated carbocycles. The molecule has 0 aromatic heterocycles. The Morgan fingerprint density at radius 1 is 1.55 bits per heavy atom. The predicted molar refractivity (Wildman–Crippen MR) is 40.5 cm³/mol. The molecule has 0 aromatic carbocycles. The van der Waals surface area contributed by atoms with Crippen LogP contribution in [-0.2, 0) is 4.79 Å². The van der Waals surface area contributed by atoms with E-state index >= 15 is 0 Å². The van der Waals surface area contributed by atoms with Crippen molar-refractivity contribution >= 4 is 11.9 Å². The Kier molecular flexibility index (Phi) is 4.26. The van der Waals surface area contributed by atoms with Crippen molar-refractivity contribution in [3.63, 3.8) is 0 Å². The minimum Gasteiger partial charge on any atom is -0.465 e. The van der Waals surface area contributed by atoms with Gasteiger partial charge in [-0.2, -0.15) is 0 Å². The van der Waals surface area contributed by atoms with E-state index < -0.39 is 12.1 Å². The number of nitrogens with one attached hydrogen (secondary N) is 1. The average Bonchev–Trinajstić information content (AvgIpc) is 1.86. The summed E-state index contributed by atoms with van der Waals surface area (Å²) < 4.78 is 0. The Bertz CT molecular complexity index is 156. The van der Waals surface area contributed by atoms with Gasteiger partial charge in [-0.25, -0.2) is 4.79 Å². The average molecular weight is 159 g/mol. The van der Waals surface area contributed by atoms with Gasteiger partial charge in [0, 0.05) is 6.42 Å². The molecule has 0 aliphatic carbocycles. The lowest BCUT2D eigenvalue weighted by Crippen LogP contribution is -2.37. The van der Waals surface area contributed by atoms with Gasteiger partial charge in [-0.1, -0.05) is 6.92 Å². The van der Waals surface area contributed by atoms with E-state index in [0.29, 0.717) is 6.42 Å². The first-order valence-corrected chi connectivity index (χ1v) is 3.60. The normalized spacial score (nSPS) is 12.2. The summed E-state index contributed by atoms with van der Waals surface area (Å²) in [5.41, 5.74) is 0. The van der Waals surface area contributed by atoms with Crippen LogP contribution in [0.2, 0.25) is 0 Å². The molecule has 0 fully saturated rings. The maximum absolute atomic E-state index is 11.0. The zero-order valence-corrected chi connectivity index (χ0v) is 6.76. The Morgan fingerprint density at radius 2 is 2.09 bits per heavy atom. The van der Waals surface area contributed by atoms with E-state index in [1.165, 1.54) is 0 Å². The molecule has 0 aliphatic rings. The molecule has 1 atom stereocenters. The van der Waals surface area contributed by atoms with E-state index in [1.807, 2.05) is 6.92 Å². The van der Waals surface area contributed by atoms with Gasteiger partial charge in [-0.05, 0) is 13.3 Å². The Morgan fingerprint density at radius 3 is 2.45 bits per heavy atom. The van der Waals surface area contributed by atoms with Gasteiger partial charge in [0.1, 0.15) is 0 Å². The largest absolute Gasteiger partial charge is 0.465 e. The second-order valence-electron chi connectivity index (χ2n) is 2.39. The first-order valence-electron chi connectivity index (χ1n) is 3.60. The molecule has 4 heteroatoms. The molecule has 0 radical (unpaired) electrons. The van der Waals surface area contributed by atoms with Crippen LogP contribution in [0.3, 0.4) is 0 Å². The lowest BCUT2D eigenvalue weighted by Gasteiger charge is -2.08. The number of hydrogen-bond acceptors (Lipinski definition) is 2. The number of Topliss-reactive ketones (excluding diaryl/α,β-unsaturated/α-hetero) is 1. The van der Waals surface area contributed by atoms with Crippen molar-refractivity contribution < 1.29 is 14.7 Å². The van der Waals surface area contributed by atoms with Crippen LogP contribution in [0.25, 0.3) is 0 Å². The van der Waals surface area contributed by atoms with Gasteiger partial charge in [0.25, 0.3) is 0 Å². The van der Waals surface area contributed by atoms with Crippen LogP contribution in [0.1, 0.15) is 26.7 Å². The molecule has 4 nitrogen and oxygen atoms in total. The smallest absolute Gasteiger partial charge is 0.405 e. The van der Waals surface area contributed by atoms with Crippen LogP contribution in [-0.4, -0.2) is 23.0 Å². The maximum atomic E-state index is 11.0. The predicted octanol–water partition coefficient (Wildman–Crippen LogP) is 1.01. The topological polar surface area (TPSA) is 66.4 Å². The molecule has 0 aromatic rings. The number of hydrogen-bond donors (Lipinski definition) is 2. The summed E-state index contributed by atoms with van der Waals surface area (Å²) in [5.74, 6) is -0.0603. The highest BCUT2D eigenvalue weighted by Crippen LogP contribution is 1.94. The molecule has 64 valence electrons. The molecule has 0 aliphatic heterocycles. The molecular weight excluding hydrogens is 146 g/mol. The summed E-state index contributed by atoms with van der Waals surface area (Å²) in [7, 11) is 0. The molecule has 0 saturated heterocycles. The van der Waals surface area contributed by atoms with Crippen molar-refractivity contribution in [2.45, 2.75) is 32.7 Å². The van der Waals surface area contributed by atoms with E-state index in [1.54, 1.807) is 6.92 Å². The van der Waals surface area contributed by atoms with E-state index in [2.05, 4.69) is 5.32 Å². The standard InChI is InChI=1S/C7H13NO3/c1-3-4-6(9)5(2)8-7(10)11/h5,8H,3-4H2,1-2H3,(H,10,11). The molecule has 0 spiro atoms. The Labute approximate surface area is 65.6 Å². The zero-order chi connectivity index (χ0) is 8.85. The highest BCUT2D eigenvalue weighted by atomic mass is 16.4. The summed E-state index contributed by atoms with van der Waals surface area (Å²) in [6, 6.07) is -0.576. The maximum Gasteiger partial charge on any atom is 0.405 e. The zero-order valence-electron chi connectivity index (χ0n) is 6.76. The fourth-order valence-electron chi connectivity index (χ4n) is 0.729. The van der Waals surface area contributed by atoms with Crippen LogP contribution >= 0.6 is 0 Å². The fraction of sp³-hybridized carbons (Fsp3) is 0.714. The first-order chi connectivity index (χ1) is 5.07. The fourth-order valence-corrected chi connectivity index (χ4v) is 0.729. The molecule has 2 N–H and O–H groups in total. The molecule has 0 rings (SSSR count). The second-order valence-corrected chi connectivity index (χ2v) is 2.39. The molecule has 11 heavy (non-hydrogen) atoms. The monoisotopic (exact) mass is 159 g/mol. The molecule has 0 bridgehead atoms. The van der Waals surface area contributed by atoms with Crippen LogP contribution in [0.15, 0.2) is 0 Å². The van der Waals surface area contributed by atoms with Crippen LogP contribution in [0.5, 0.6) is 0 Å². The summed E-state index contributed by atoms with van der Waals surface area (Å²) >= 11 is 0. The van der Waals surface area contributed by atoms with Gasteiger partial charge in [-0.15, -0.1) is 0 Å². The summed E-state index contributed by atoms with van der Waals surface area (Å²) in [6.07, 6.45) is 0.0355. The lowest BCUT2D eigenvalue weighted by molar-refractivity contribution is -0.120. The van der Waals surface area contributed by atoms with Gasteiger partial charge in [0.15, 0.2) is 5.78 Å². The SMILES string of the molecule is CCCC(=O)C(C)NC(=O)O. The van der Waals surface area contributed by atoms with Gasteiger partial charge < -0.3 is 10.4 Å². The molecule has 1 unspecified atom stereocenters. The quantitative estimate of drug-likeness (QED) is 0.643. The minimum absolute atomic E-state index is 0.0603. The molecule has 0 heterocycles. The minimum atomic E-state index is -1.15. The highest BCUT2D eigenvalue weighted by Gasteiger charge is 2.12. The number of carboxylic acid groups (broad SMARTS) is 1. The second kappa shape index (κ2) is 4.71. The third-order valence-electron chi connectivity index (χ3n) is 1.32. The highest BCUT2D eigenvalue weighted by molar-refractivity contribution is 5.86. The van der Waals surface area contributed by atoms with Crippen LogP contribution in [0, 0.1) is 0 Å². The van der Waals surface area contributed by atoms with Crippen molar-refractivity contribution in [3.05, 3.63) is 0 Å². The molecule has 1 amide bonds. The van der Waals surface area contributed by atoms with E-state index in [-0.39, 0.29) is 5.78 Å². The number of rotatable bonds is 4. The number of amides is 1. The van der Waals surface area contributed by atoms with Gasteiger partial charge in [-0.3, -0.25) is 4.79 Å². The van der Waals surface area contributed by atoms with E-state index in [9.17, 15) is 9.59 Å². The van der Waals surface area contributed by atoms with Crippen LogP contribution in [0.4, 0.5) is 4.79 Å². The van der Waals surface area contributed by atoms with Gasteiger partial charge in [0.2, 0.25) is 0 Å². The summed E-state index contributed by atoms with van der Waals surface area (Å²) in [6.45, 7) is 3.43. The van der Waals surface area contributed by atoms with Crippen molar-refractivity contribution in [3.8, 4) is 0 Å². The third kappa shape index (κ3) is 4.36. The van der Waals surface area contributed by atoms with Gasteiger partial charge >= 0.3 is 6.09 Å². The van der Waals surface area contributed by atoms with E-state index in [4.69, 9.17) is 5.11 Å². The summed E-state index contributed by atoms with van der Waals surface area (Å²) in [4.78, 5) is 21.0. The Hall–Kier alpha value is -1.06. The van der Waals surface area contributed by atoms with Crippen molar-refractivity contribution in [2.75, 3.05) is 0 Å². The number of ketones is 1. The van der Waals surface area contributed by atoms with Crippen molar-refractivity contribution in [2.24, 2.45) is 0 Å². The third-order valence-corrected chi connectivity index (χ3v) is 1.32. The Balaban J connectivity index is 3.73. The van der Waals surface area contributed by atoms with Crippen LogP contribution < -0.4 is 5.32 Å².